The number of likely N-dealkylation sites (N-methyl/N-ethyl adjacent to an activating group) is 1. The van der Waals surface area contributed by atoms with Crippen LogP contribution in [0.15, 0.2) is 24.3 Å². The summed E-state index contributed by atoms with van der Waals surface area (Å²) in [5, 5.41) is 2.93. The zero-order valence-corrected chi connectivity index (χ0v) is 10.00. The predicted molar refractivity (Wildman–Crippen MR) is 65.5 cm³/mol. The molecule has 0 saturated carbocycles. The van der Waals surface area contributed by atoms with Gasteiger partial charge in [0, 0.05) is 12.6 Å². The van der Waals surface area contributed by atoms with Crippen LogP contribution in [-0.4, -0.2) is 26.0 Å². The van der Waals surface area contributed by atoms with Gasteiger partial charge in [0.15, 0.2) is 5.78 Å². The highest BCUT2D eigenvalue weighted by Crippen LogP contribution is 2.17. The van der Waals surface area contributed by atoms with Crippen molar-refractivity contribution in [3.8, 4) is 5.75 Å². The summed E-state index contributed by atoms with van der Waals surface area (Å²) in [6.45, 7) is 2.60. The van der Waals surface area contributed by atoms with E-state index in [1.807, 2.05) is 7.05 Å². The van der Waals surface area contributed by atoms with Crippen molar-refractivity contribution >= 4 is 11.9 Å². The van der Waals surface area contributed by atoms with Crippen molar-refractivity contribution in [1.82, 2.24) is 5.32 Å². The van der Waals surface area contributed by atoms with Gasteiger partial charge in [-0.05, 0) is 37.7 Å². The molecule has 0 aliphatic carbocycles. The molecule has 1 aromatic carbocycles. The maximum absolute atomic E-state index is 13.2. The van der Waals surface area contributed by atoms with Gasteiger partial charge < -0.3 is 10.1 Å². The minimum absolute atomic E-state index is 0.0769. The molecule has 0 heterocycles. The van der Waals surface area contributed by atoms with Crippen LogP contribution in [0.2, 0.25) is 0 Å². The molecule has 1 rings (SSSR count). The third-order valence-corrected chi connectivity index (χ3v) is 2.02. The summed E-state index contributed by atoms with van der Waals surface area (Å²) in [6.07, 6.45) is 2.96. The summed E-state index contributed by atoms with van der Waals surface area (Å²) in [6, 6.07) is 4.36. The van der Waals surface area contributed by atoms with Crippen LogP contribution in [0.3, 0.4) is 0 Å². The lowest BCUT2D eigenvalue weighted by atomic mass is 10.2. The predicted octanol–water partition coefficient (Wildman–Crippen LogP) is 2.03. The molecule has 0 atom stereocenters. The van der Waals surface area contributed by atoms with Gasteiger partial charge in [-0.3, -0.25) is 4.79 Å². The molecule has 0 saturated heterocycles. The minimum atomic E-state index is -0.379. The Bertz CT molecular complexity index is 416. The van der Waals surface area contributed by atoms with Gasteiger partial charge in [-0.25, -0.2) is 4.39 Å². The van der Waals surface area contributed by atoms with Crippen molar-refractivity contribution in [2.45, 2.75) is 6.92 Å². The first-order chi connectivity index (χ1) is 8.11. The monoisotopic (exact) mass is 237 g/mol. The SMILES string of the molecule is CNCCOc1cc(F)cc(/C=C/C(C)=O)c1. The number of ether oxygens (including phenoxy) is 1. The fourth-order valence-corrected chi connectivity index (χ4v) is 1.25. The number of benzene rings is 1. The van der Waals surface area contributed by atoms with E-state index in [0.29, 0.717) is 24.5 Å². The van der Waals surface area contributed by atoms with Crippen LogP contribution in [0.25, 0.3) is 6.08 Å². The van der Waals surface area contributed by atoms with Crippen LogP contribution in [0.1, 0.15) is 12.5 Å². The van der Waals surface area contributed by atoms with Crippen molar-refractivity contribution in [1.29, 1.82) is 0 Å². The highest BCUT2D eigenvalue weighted by atomic mass is 19.1. The van der Waals surface area contributed by atoms with Gasteiger partial charge in [0.2, 0.25) is 0 Å². The topological polar surface area (TPSA) is 38.3 Å². The molecule has 0 radical (unpaired) electrons. The molecule has 3 nitrogen and oxygen atoms in total. The Hall–Kier alpha value is -1.68. The molecule has 1 N–H and O–H groups in total. The number of carbonyl (C=O) groups excluding carboxylic acids is 1. The fraction of sp³-hybridized carbons (Fsp3) is 0.308. The highest BCUT2D eigenvalue weighted by molar-refractivity contribution is 5.91. The molecule has 0 aliphatic rings. The summed E-state index contributed by atoms with van der Waals surface area (Å²) in [4.78, 5) is 10.8. The third kappa shape index (κ3) is 5.26. The smallest absolute Gasteiger partial charge is 0.152 e. The van der Waals surface area contributed by atoms with Crippen LogP contribution in [0, 0.1) is 5.82 Å². The Balaban J connectivity index is 2.75. The van der Waals surface area contributed by atoms with Crippen LogP contribution in [0.5, 0.6) is 5.75 Å². The molecule has 4 heteroatoms. The van der Waals surface area contributed by atoms with Gasteiger partial charge in [0.05, 0.1) is 0 Å². The van der Waals surface area contributed by atoms with Crippen molar-refractivity contribution in [2.24, 2.45) is 0 Å². The largest absolute Gasteiger partial charge is 0.492 e. The zero-order chi connectivity index (χ0) is 12.7. The number of halogens is 1. The number of hydrogen-bond acceptors (Lipinski definition) is 3. The van der Waals surface area contributed by atoms with Crippen molar-refractivity contribution in [3.05, 3.63) is 35.7 Å². The average Bonchev–Trinajstić information content (AvgIpc) is 2.26. The molecule has 1 aromatic rings. The summed E-state index contributed by atoms with van der Waals surface area (Å²) in [5.74, 6) is 0.00512. The first-order valence-electron chi connectivity index (χ1n) is 5.38. The van der Waals surface area contributed by atoms with Crippen molar-refractivity contribution in [2.75, 3.05) is 20.2 Å². The minimum Gasteiger partial charge on any atom is -0.492 e. The number of nitrogens with one attached hydrogen (secondary N) is 1. The summed E-state index contributed by atoms with van der Waals surface area (Å²) >= 11 is 0. The van der Waals surface area contributed by atoms with Gasteiger partial charge in [0.1, 0.15) is 18.2 Å². The van der Waals surface area contributed by atoms with E-state index in [1.165, 1.54) is 25.1 Å². The van der Waals surface area contributed by atoms with Gasteiger partial charge in [0.25, 0.3) is 0 Å². The molecule has 0 unspecified atom stereocenters. The van der Waals surface area contributed by atoms with E-state index in [2.05, 4.69) is 5.32 Å². The van der Waals surface area contributed by atoms with E-state index in [-0.39, 0.29) is 11.6 Å². The standard InChI is InChI=1S/C13H16FNO2/c1-10(16)3-4-11-7-12(14)9-13(8-11)17-6-5-15-2/h3-4,7-9,15H,5-6H2,1-2H3/b4-3+. The van der Waals surface area contributed by atoms with E-state index in [0.717, 1.165) is 0 Å². The van der Waals surface area contributed by atoms with Gasteiger partial charge in [-0.15, -0.1) is 0 Å². The lowest BCUT2D eigenvalue weighted by Gasteiger charge is -2.06. The molecule has 0 fully saturated rings. The normalized spacial score (nSPS) is 10.8. The third-order valence-electron chi connectivity index (χ3n) is 2.02. The quantitative estimate of drug-likeness (QED) is 0.607. The van der Waals surface area contributed by atoms with Crippen molar-refractivity contribution in [3.63, 3.8) is 0 Å². The molecule has 92 valence electrons. The van der Waals surface area contributed by atoms with Crippen LogP contribution >= 0.6 is 0 Å². The summed E-state index contributed by atoms with van der Waals surface area (Å²) in [5.41, 5.74) is 0.611. The first-order valence-corrected chi connectivity index (χ1v) is 5.38. The molecule has 0 aliphatic heterocycles. The van der Waals surface area contributed by atoms with Crippen molar-refractivity contribution < 1.29 is 13.9 Å². The lowest BCUT2D eigenvalue weighted by molar-refractivity contribution is -0.112. The van der Waals surface area contributed by atoms with E-state index < -0.39 is 0 Å². The number of rotatable bonds is 6. The molecular formula is C13H16FNO2. The molecule has 0 bridgehead atoms. The second kappa shape index (κ2) is 6.81. The van der Waals surface area contributed by atoms with Crippen LogP contribution in [0.4, 0.5) is 4.39 Å². The average molecular weight is 237 g/mol. The Morgan fingerprint density at radius 2 is 2.24 bits per heavy atom. The van der Waals surface area contributed by atoms with Gasteiger partial charge in [-0.1, -0.05) is 6.08 Å². The number of hydrogen-bond donors (Lipinski definition) is 1. The molecular weight excluding hydrogens is 221 g/mol. The Morgan fingerprint density at radius 1 is 1.47 bits per heavy atom. The highest BCUT2D eigenvalue weighted by Gasteiger charge is 2.00. The van der Waals surface area contributed by atoms with Crippen LogP contribution in [-0.2, 0) is 4.79 Å². The van der Waals surface area contributed by atoms with Gasteiger partial charge in [-0.2, -0.15) is 0 Å². The second-order valence-corrected chi connectivity index (χ2v) is 3.62. The van der Waals surface area contributed by atoms with E-state index in [9.17, 15) is 9.18 Å². The van der Waals surface area contributed by atoms with E-state index >= 15 is 0 Å². The molecule has 0 aromatic heterocycles. The maximum Gasteiger partial charge on any atom is 0.152 e. The zero-order valence-electron chi connectivity index (χ0n) is 10.00. The molecule has 0 amide bonds. The molecule has 17 heavy (non-hydrogen) atoms. The fourth-order valence-electron chi connectivity index (χ4n) is 1.25. The second-order valence-electron chi connectivity index (χ2n) is 3.62. The van der Waals surface area contributed by atoms with Crippen LogP contribution < -0.4 is 10.1 Å². The Kier molecular flexibility index (Phi) is 5.36. The summed E-state index contributed by atoms with van der Waals surface area (Å²) in [7, 11) is 1.82. The lowest BCUT2D eigenvalue weighted by Crippen LogP contribution is -2.16. The Labute approximate surface area is 100 Å². The van der Waals surface area contributed by atoms with E-state index in [1.54, 1.807) is 12.1 Å². The van der Waals surface area contributed by atoms with E-state index in [4.69, 9.17) is 4.74 Å². The first kappa shape index (κ1) is 13.4. The number of carbonyl (C=O) groups is 1. The maximum atomic E-state index is 13.2. The summed E-state index contributed by atoms with van der Waals surface area (Å²) < 4.78 is 18.6. The van der Waals surface area contributed by atoms with Gasteiger partial charge >= 0.3 is 0 Å². The Morgan fingerprint density at radius 3 is 2.88 bits per heavy atom. The molecule has 0 spiro atoms. The number of ketones is 1. The number of allylic oxidation sites excluding steroid dienone is 1.